The van der Waals surface area contributed by atoms with Gasteiger partial charge in [0.15, 0.2) is 0 Å². The molecular formula is C57H96O3. The van der Waals surface area contributed by atoms with Gasteiger partial charge in [0.05, 0.1) is 19.8 Å². The first kappa shape index (κ1) is 55.1. The van der Waals surface area contributed by atoms with Gasteiger partial charge >= 0.3 is 0 Å². The number of hydrogen-bond donors (Lipinski definition) is 0. The molecule has 0 aliphatic heterocycles. The molecule has 0 amide bonds. The van der Waals surface area contributed by atoms with Gasteiger partial charge in [-0.05, 0) is 142 Å². The fraction of sp³-hybridized carbons (Fsp3) is 0.684. The summed E-state index contributed by atoms with van der Waals surface area (Å²) in [5, 5.41) is 0. The number of rotatable bonds is 18. The molecule has 0 radical (unpaired) electrons. The van der Waals surface area contributed by atoms with E-state index in [2.05, 4.69) is 188 Å². The predicted molar refractivity (Wildman–Crippen MR) is 265 cm³/mol. The second kappa shape index (κ2) is 25.9. The Morgan fingerprint density at radius 1 is 0.350 bits per heavy atom. The Bertz CT molecular complexity index is 1510. The molecule has 3 aromatic carbocycles. The molecule has 0 aliphatic carbocycles. The van der Waals surface area contributed by atoms with Gasteiger partial charge in [-0.3, -0.25) is 0 Å². The molecule has 3 unspecified atom stereocenters. The highest BCUT2D eigenvalue weighted by atomic mass is 16.5. The van der Waals surface area contributed by atoms with E-state index in [0.29, 0.717) is 41.4 Å². The predicted octanol–water partition coefficient (Wildman–Crippen LogP) is 17.0. The van der Waals surface area contributed by atoms with Crippen LogP contribution in [0.25, 0.3) is 0 Å². The second-order valence-electron chi connectivity index (χ2n) is 23.2. The highest BCUT2D eigenvalue weighted by Crippen LogP contribution is 2.34. The SMILES string of the molecule is CC(C)CC(COc1cc(C(C)(C)C)cc(C(C)(C)C)c1)C(C)C.CC(C)CC(COc1ccc(C(C)(C)C)cc1)C(C)C.CC(C)CC(COc1ccccc1)C(C)C. The molecule has 3 aromatic rings. The monoisotopic (exact) mass is 829 g/mol. The molecule has 342 valence electrons. The maximum Gasteiger partial charge on any atom is 0.119 e. The summed E-state index contributed by atoms with van der Waals surface area (Å²) in [4.78, 5) is 0. The third kappa shape index (κ3) is 22.8. The first-order chi connectivity index (χ1) is 27.6. The van der Waals surface area contributed by atoms with Gasteiger partial charge in [0.2, 0.25) is 0 Å². The fourth-order valence-corrected chi connectivity index (χ4v) is 7.14. The van der Waals surface area contributed by atoms with E-state index in [-0.39, 0.29) is 16.2 Å². The van der Waals surface area contributed by atoms with E-state index in [1.165, 1.54) is 36.0 Å². The van der Waals surface area contributed by atoms with E-state index in [0.717, 1.165) is 48.9 Å². The molecule has 0 saturated heterocycles. The van der Waals surface area contributed by atoms with Crippen LogP contribution in [0.3, 0.4) is 0 Å². The van der Waals surface area contributed by atoms with Gasteiger partial charge in [-0.2, -0.15) is 0 Å². The summed E-state index contributed by atoms with van der Waals surface area (Å²) < 4.78 is 18.1. The minimum atomic E-state index is 0.134. The Kier molecular flexibility index (Phi) is 23.7. The third-order valence-electron chi connectivity index (χ3n) is 11.6. The lowest BCUT2D eigenvalue weighted by Crippen LogP contribution is -2.21. The minimum absolute atomic E-state index is 0.134. The summed E-state index contributed by atoms with van der Waals surface area (Å²) >= 11 is 0. The average Bonchev–Trinajstić information content (AvgIpc) is 3.12. The van der Waals surface area contributed by atoms with Crippen LogP contribution in [0.4, 0.5) is 0 Å². The third-order valence-corrected chi connectivity index (χ3v) is 11.6. The van der Waals surface area contributed by atoms with Gasteiger partial charge < -0.3 is 14.2 Å². The molecule has 3 nitrogen and oxygen atoms in total. The van der Waals surface area contributed by atoms with Crippen molar-refractivity contribution >= 4 is 0 Å². The zero-order valence-electron chi connectivity index (χ0n) is 43.1. The van der Waals surface area contributed by atoms with Gasteiger partial charge in [0, 0.05) is 0 Å². The molecule has 3 rings (SSSR count). The van der Waals surface area contributed by atoms with E-state index < -0.39 is 0 Å². The molecule has 60 heavy (non-hydrogen) atoms. The van der Waals surface area contributed by atoms with E-state index in [4.69, 9.17) is 14.2 Å². The molecule has 3 atom stereocenters. The lowest BCUT2D eigenvalue weighted by atomic mass is 9.80. The van der Waals surface area contributed by atoms with Crippen LogP contribution in [0.5, 0.6) is 17.2 Å². The maximum absolute atomic E-state index is 6.30. The van der Waals surface area contributed by atoms with Crippen LogP contribution in [0.2, 0.25) is 0 Å². The van der Waals surface area contributed by atoms with Crippen molar-refractivity contribution in [2.75, 3.05) is 19.8 Å². The van der Waals surface area contributed by atoms with E-state index in [1.807, 2.05) is 30.3 Å². The van der Waals surface area contributed by atoms with Gasteiger partial charge in [-0.25, -0.2) is 0 Å². The highest BCUT2D eigenvalue weighted by molar-refractivity contribution is 5.40. The Labute approximate surface area is 373 Å². The second-order valence-corrected chi connectivity index (χ2v) is 23.2. The van der Waals surface area contributed by atoms with Crippen molar-refractivity contribution in [3.8, 4) is 17.2 Å². The van der Waals surface area contributed by atoms with Crippen LogP contribution in [0.15, 0.2) is 72.8 Å². The molecule has 0 bridgehead atoms. The zero-order chi connectivity index (χ0) is 46.0. The average molecular weight is 829 g/mol. The summed E-state index contributed by atoms with van der Waals surface area (Å²) in [6.07, 6.45) is 3.70. The first-order valence-electron chi connectivity index (χ1n) is 23.8. The first-order valence-corrected chi connectivity index (χ1v) is 23.8. The van der Waals surface area contributed by atoms with E-state index in [9.17, 15) is 0 Å². The molecule has 0 saturated carbocycles. The van der Waals surface area contributed by atoms with E-state index >= 15 is 0 Å². The molecule has 0 heterocycles. The van der Waals surface area contributed by atoms with Crippen molar-refractivity contribution in [2.24, 2.45) is 53.3 Å². The van der Waals surface area contributed by atoms with Crippen LogP contribution in [0, 0.1) is 53.3 Å². The maximum atomic E-state index is 6.30. The molecule has 0 N–H and O–H groups in total. The van der Waals surface area contributed by atoms with Crippen molar-refractivity contribution in [2.45, 2.75) is 181 Å². The van der Waals surface area contributed by atoms with Gasteiger partial charge in [0.1, 0.15) is 17.2 Å². The molecule has 0 spiro atoms. The number of hydrogen-bond acceptors (Lipinski definition) is 3. The van der Waals surface area contributed by atoms with Crippen LogP contribution < -0.4 is 14.2 Å². The zero-order valence-corrected chi connectivity index (χ0v) is 43.1. The molecule has 0 aliphatic rings. The molecule has 3 heteroatoms. The van der Waals surface area contributed by atoms with Crippen LogP contribution >= 0.6 is 0 Å². The minimum Gasteiger partial charge on any atom is -0.493 e. The lowest BCUT2D eigenvalue weighted by Gasteiger charge is -2.27. The number of benzene rings is 3. The van der Waals surface area contributed by atoms with Crippen LogP contribution in [0.1, 0.15) is 181 Å². The van der Waals surface area contributed by atoms with Gasteiger partial charge in [0.25, 0.3) is 0 Å². The standard InChI is InChI=1S/C23H40O.C19H32O.C15H24O/c1-16(2)11-18(17(3)4)15-24-21-13-19(22(5,6)7)12-20(14-21)23(8,9)10;1-14(2)12-16(15(3)4)13-20-18-10-8-17(9-11-18)19(5,6)7;1-12(2)10-14(13(3)4)11-16-15-8-6-5-7-9-15/h12-14,16-18H,11,15H2,1-10H3;8-11,14-16H,12-13H2,1-7H3;5-9,12-14H,10-11H2,1-4H3. The molecule has 0 aromatic heterocycles. The van der Waals surface area contributed by atoms with Crippen LogP contribution in [-0.4, -0.2) is 19.8 Å². The van der Waals surface area contributed by atoms with Gasteiger partial charge in [-0.1, -0.05) is 182 Å². The Hall–Kier alpha value is -2.94. The summed E-state index contributed by atoms with van der Waals surface area (Å²) in [5.41, 5.74) is 4.54. The Morgan fingerprint density at radius 3 is 0.933 bits per heavy atom. The summed E-state index contributed by atoms with van der Waals surface area (Å²) in [7, 11) is 0. The van der Waals surface area contributed by atoms with E-state index in [1.54, 1.807) is 0 Å². The molecular weight excluding hydrogens is 733 g/mol. The van der Waals surface area contributed by atoms with Crippen molar-refractivity contribution in [1.29, 1.82) is 0 Å². The number of ether oxygens (including phenoxy) is 3. The van der Waals surface area contributed by atoms with Crippen molar-refractivity contribution in [3.05, 3.63) is 89.5 Å². The largest absolute Gasteiger partial charge is 0.493 e. The van der Waals surface area contributed by atoms with Crippen molar-refractivity contribution < 1.29 is 14.2 Å². The number of para-hydroxylation sites is 1. The normalized spacial score (nSPS) is 13.8. The fourth-order valence-electron chi connectivity index (χ4n) is 7.14. The summed E-state index contributed by atoms with van der Waals surface area (Å²) in [6, 6.07) is 25.5. The molecule has 0 fully saturated rings. The van der Waals surface area contributed by atoms with Crippen molar-refractivity contribution in [1.82, 2.24) is 0 Å². The quantitative estimate of drug-likeness (QED) is 0.128. The lowest BCUT2D eigenvalue weighted by molar-refractivity contribution is 0.185. The Morgan fingerprint density at radius 2 is 0.650 bits per heavy atom. The topological polar surface area (TPSA) is 27.7 Å². The summed E-state index contributed by atoms with van der Waals surface area (Å²) in [6.45, 7) is 50.3. The van der Waals surface area contributed by atoms with Crippen molar-refractivity contribution in [3.63, 3.8) is 0 Å². The highest BCUT2D eigenvalue weighted by Gasteiger charge is 2.23. The Balaban J connectivity index is 0.000000459. The van der Waals surface area contributed by atoms with Gasteiger partial charge in [-0.15, -0.1) is 0 Å². The summed E-state index contributed by atoms with van der Waals surface area (Å²) in [5.74, 6) is 9.11. The smallest absolute Gasteiger partial charge is 0.119 e. The van der Waals surface area contributed by atoms with Crippen LogP contribution in [-0.2, 0) is 16.2 Å².